The molecule has 2 aromatic carbocycles. The number of nitrogens with zero attached hydrogens (tertiary/aromatic N) is 1. The van der Waals surface area contributed by atoms with Gasteiger partial charge in [0.15, 0.2) is 0 Å². The Balaban J connectivity index is 1.55. The maximum atomic E-state index is 13.5. The molecule has 0 aliphatic carbocycles. The number of thiophene rings is 1. The highest BCUT2D eigenvalue weighted by atomic mass is 32.2. The van der Waals surface area contributed by atoms with Crippen LogP contribution < -0.4 is 16.0 Å². The molecule has 6 nitrogen and oxygen atoms in total. The number of rotatable bonds is 8. The topological polar surface area (TPSA) is 94.0 Å². The highest BCUT2D eigenvalue weighted by molar-refractivity contribution is 8.03. The van der Waals surface area contributed by atoms with Crippen molar-refractivity contribution < 1.29 is 9.59 Å². The van der Waals surface area contributed by atoms with Gasteiger partial charge in [-0.05, 0) is 42.5 Å². The van der Waals surface area contributed by atoms with Crippen LogP contribution in [0.3, 0.4) is 0 Å². The Morgan fingerprint density at radius 2 is 1.81 bits per heavy atom. The van der Waals surface area contributed by atoms with Crippen molar-refractivity contribution >= 4 is 40.6 Å². The molecule has 0 radical (unpaired) electrons. The molecular weight excluding hydrogens is 488 g/mol. The van der Waals surface area contributed by atoms with Crippen LogP contribution in [0.1, 0.15) is 28.8 Å². The van der Waals surface area contributed by atoms with Gasteiger partial charge in [-0.25, -0.2) is 0 Å². The number of thioether (sulfide) groups is 1. The fourth-order valence-electron chi connectivity index (χ4n) is 3.96. The van der Waals surface area contributed by atoms with Crippen LogP contribution in [0, 0.1) is 18.3 Å². The molecule has 1 atom stereocenters. The molecule has 1 aliphatic rings. The Morgan fingerprint density at radius 1 is 1.06 bits per heavy atom. The summed E-state index contributed by atoms with van der Waals surface area (Å²) < 4.78 is 0. The molecule has 8 heteroatoms. The highest BCUT2D eigenvalue weighted by Crippen LogP contribution is 2.42. The van der Waals surface area contributed by atoms with Crippen LogP contribution in [0.2, 0.25) is 0 Å². The quantitative estimate of drug-likeness (QED) is 0.372. The van der Waals surface area contributed by atoms with Gasteiger partial charge in [-0.1, -0.05) is 66.4 Å². The first-order valence-electron chi connectivity index (χ1n) is 11.4. The molecule has 1 aliphatic heterocycles. The van der Waals surface area contributed by atoms with Gasteiger partial charge in [0.1, 0.15) is 0 Å². The van der Waals surface area contributed by atoms with Gasteiger partial charge < -0.3 is 16.0 Å². The van der Waals surface area contributed by atoms with E-state index >= 15 is 0 Å². The minimum absolute atomic E-state index is 0.132. The number of allylic oxidation sites excluding steroid dienone is 2. The predicted molar refractivity (Wildman–Crippen MR) is 146 cm³/mol. The lowest BCUT2D eigenvalue weighted by molar-refractivity contribution is -0.118. The third-order valence-electron chi connectivity index (χ3n) is 5.79. The molecule has 0 saturated heterocycles. The molecule has 2 amide bonds. The molecule has 3 aromatic rings. The van der Waals surface area contributed by atoms with Crippen molar-refractivity contribution in [1.82, 2.24) is 10.6 Å². The average molecular weight is 515 g/mol. The Hall–Kier alpha value is -3.80. The van der Waals surface area contributed by atoms with Crippen LogP contribution >= 0.6 is 23.1 Å². The van der Waals surface area contributed by atoms with Gasteiger partial charge in [-0.15, -0.1) is 11.3 Å². The third kappa shape index (κ3) is 5.88. The van der Waals surface area contributed by atoms with Gasteiger partial charge in [0.2, 0.25) is 5.91 Å². The van der Waals surface area contributed by atoms with Crippen molar-refractivity contribution in [2.24, 2.45) is 0 Å². The van der Waals surface area contributed by atoms with Crippen molar-refractivity contribution in [2.75, 3.05) is 11.1 Å². The first-order chi connectivity index (χ1) is 17.5. The Bertz CT molecular complexity index is 1360. The van der Waals surface area contributed by atoms with E-state index in [0.29, 0.717) is 28.4 Å². The number of nitrogens with one attached hydrogen (secondary N) is 3. The lowest BCUT2D eigenvalue weighted by atomic mass is 9.86. The van der Waals surface area contributed by atoms with E-state index < -0.39 is 5.92 Å². The molecule has 0 unspecified atom stereocenters. The fraction of sp³-hybridized carbons (Fsp3) is 0.179. The first kappa shape index (κ1) is 25.3. The normalized spacial score (nSPS) is 15.2. The molecule has 182 valence electrons. The predicted octanol–water partition coefficient (Wildman–Crippen LogP) is 5.44. The van der Waals surface area contributed by atoms with E-state index in [1.54, 1.807) is 0 Å². The van der Waals surface area contributed by atoms with E-state index in [1.807, 2.05) is 86.0 Å². The molecule has 0 spiro atoms. The van der Waals surface area contributed by atoms with E-state index in [1.165, 1.54) is 23.1 Å². The smallest absolute Gasteiger partial charge is 0.254 e. The summed E-state index contributed by atoms with van der Waals surface area (Å²) in [6, 6.07) is 23.4. The molecule has 0 saturated carbocycles. The number of benzene rings is 2. The minimum Gasteiger partial charge on any atom is -0.353 e. The van der Waals surface area contributed by atoms with Crippen molar-refractivity contribution in [3.8, 4) is 6.07 Å². The molecule has 0 fully saturated rings. The van der Waals surface area contributed by atoms with Gasteiger partial charge in [0.05, 0.1) is 28.3 Å². The van der Waals surface area contributed by atoms with E-state index in [-0.39, 0.29) is 17.6 Å². The van der Waals surface area contributed by atoms with Crippen LogP contribution in [0.15, 0.2) is 94.0 Å². The van der Waals surface area contributed by atoms with E-state index in [0.717, 1.165) is 21.7 Å². The van der Waals surface area contributed by atoms with E-state index in [9.17, 15) is 14.9 Å². The van der Waals surface area contributed by atoms with Crippen LogP contribution in [0.5, 0.6) is 0 Å². The largest absolute Gasteiger partial charge is 0.353 e. The second kappa shape index (κ2) is 11.8. The molecule has 2 heterocycles. The number of carbonyl (C=O) groups is 2. The zero-order valence-corrected chi connectivity index (χ0v) is 21.6. The summed E-state index contributed by atoms with van der Waals surface area (Å²) in [6.45, 7) is 4.21. The second-order valence-electron chi connectivity index (χ2n) is 8.29. The van der Waals surface area contributed by atoms with Crippen molar-refractivity contribution in [3.05, 3.63) is 110 Å². The summed E-state index contributed by atoms with van der Waals surface area (Å²) in [5.41, 5.74) is 4.28. The molecular formula is C28H26N4O2S2. The minimum atomic E-state index is -0.518. The lowest BCUT2D eigenvalue weighted by Crippen LogP contribution is -2.31. The van der Waals surface area contributed by atoms with E-state index in [4.69, 9.17) is 0 Å². The lowest BCUT2D eigenvalue weighted by Gasteiger charge is -2.29. The molecule has 3 N–H and O–H groups in total. The number of dihydropyridines is 1. The van der Waals surface area contributed by atoms with Crippen LogP contribution in [-0.2, 0) is 16.1 Å². The summed E-state index contributed by atoms with van der Waals surface area (Å²) >= 11 is 2.77. The number of anilines is 1. The van der Waals surface area contributed by atoms with Gasteiger partial charge in [0.25, 0.3) is 5.91 Å². The zero-order chi connectivity index (χ0) is 25.5. The van der Waals surface area contributed by atoms with Gasteiger partial charge in [-0.3, -0.25) is 9.59 Å². The standard InChI is InChI=1S/C28H26N4O2S2/c1-18-9-6-7-12-22(18)32-27(34)25-19(2)31-28(21(15-29)26(25)23-13-8-14-35-23)36-17-24(33)30-16-20-10-4-3-5-11-20/h3-14,26,31H,16-17H2,1-2H3,(H,30,33)(H,32,34)/t26-/m1/s1. The number of hydrogen-bond acceptors (Lipinski definition) is 6. The average Bonchev–Trinajstić information content (AvgIpc) is 3.42. The van der Waals surface area contributed by atoms with Crippen LogP contribution in [-0.4, -0.2) is 17.6 Å². The molecule has 4 rings (SSSR count). The summed E-state index contributed by atoms with van der Waals surface area (Å²) in [7, 11) is 0. The van der Waals surface area contributed by atoms with E-state index in [2.05, 4.69) is 22.0 Å². The number of para-hydroxylation sites is 1. The number of carbonyl (C=O) groups excluding carboxylic acids is 2. The highest BCUT2D eigenvalue weighted by Gasteiger charge is 2.35. The Labute approximate surface area is 219 Å². The van der Waals surface area contributed by atoms with Crippen molar-refractivity contribution in [3.63, 3.8) is 0 Å². The van der Waals surface area contributed by atoms with Gasteiger partial charge in [-0.2, -0.15) is 5.26 Å². The second-order valence-corrected chi connectivity index (χ2v) is 10.3. The summed E-state index contributed by atoms with van der Waals surface area (Å²) in [4.78, 5) is 26.9. The van der Waals surface area contributed by atoms with Gasteiger partial charge >= 0.3 is 0 Å². The van der Waals surface area contributed by atoms with Crippen molar-refractivity contribution in [2.45, 2.75) is 26.3 Å². The number of nitriles is 1. The maximum Gasteiger partial charge on any atom is 0.254 e. The number of aryl methyl sites for hydroxylation is 1. The fourth-order valence-corrected chi connectivity index (χ4v) is 5.72. The van der Waals surface area contributed by atoms with Crippen LogP contribution in [0.4, 0.5) is 5.69 Å². The molecule has 0 bridgehead atoms. The van der Waals surface area contributed by atoms with Crippen LogP contribution in [0.25, 0.3) is 0 Å². The Kier molecular flexibility index (Phi) is 8.26. The van der Waals surface area contributed by atoms with Crippen molar-refractivity contribution in [1.29, 1.82) is 5.26 Å². The van der Waals surface area contributed by atoms with Gasteiger partial charge in [0, 0.05) is 28.4 Å². The summed E-state index contributed by atoms with van der Waals surface area (Å²) in [5.74, 6) is -0.761. The maximum absolute atomic E-state index is 13.5. The first-order valence-corrected chi connectivity index (χ1v) is 13.3. The SMILES string of the molecule is CC1=C(C(=O)Nc2ccccc2C)[C@@H](c2cccs2)C(C#N)=C(SCC(=O)NCc2ccccc2)N1. The Morgan fingerprint density at radius 3 is 2.50 bits per heavy atom. The molecule has 36 heavy (non-hydrogen) atoms. The molecule has 1 aromatic heterocycles. The summed E-state index contributed by atoms with van der Waals surface area (Å²) in [5, 5.41) is 21.8. The number of hydrogen-bond donors (Lipinski definition) is 3. The third-order valence-corrected chi connectivity index (χ3v) is 7.75. The summed E-state index contributed by atoms with van der Waals surface area (Å²) in [6.07, 6.45) is 0. The zero-order valence-electron chi connectivity index (χ0n) is 20.0. The monoisotopic (exact) mass is 514 g/mol. The number of amides is 2.